The van der Waals surface area contributed by atoms with Gasteiger partial charge in [0, 0.05) is 39.0 Å². The molecular weight excluding hydrogens is 468 g/mol. The van der Waals surface area contributed by atoms with Gasteiger partial charge in [0.2, 0.25) is 17.7 Å². The second kappa shape index (κ2) is 12.8. The van der Waals surface area contributed by atoms with Crippen molar-refractivity contribution in [2.45, 2.75) is 50.8 Å². The molecule has 3 N–H and O–H groups in total. The van der Waals surface area contributed by atoms with E-state index in [9.17, 15) is 14.4 Å². The first-order valence-electron chi connectivity index (χ1n) is 12.8. The number of hydrogen-bond donors (Lipinski definition) is 2. The lowest BCUT2D eigenvalue weighted by molar-refractivity contribution is -0.138. The quantitative estimate of drug-likeness (QED) is 0.459. The van der Waals surface area contributed by atoms with Crippen LogP contribution in [0.1, 0.15) is 43.7 Å². The highest BCUT2D eigenvalue weighted by Crippen LogP contribution is 2.35. The van der Waals surface area contributed by atoms with Gasteiger partial charge in [0.25, 0.3) is 0 Å². The van der Waals surface area contributed by atoms with Gasteiger partial charge in [-0.05, 0) is 37.8 Å². The van der Waals surface area contributed by atoms with Gasteiger partial charge in [0.1, 0.15) is 6.04 Å². The van der Waals surface area contributed by atoms with Crippen molar-refractivity contribution >= 4 is 17.7 Å². The van der Waals surface area contributed by atoms with E-state index in [-0.39, 0.29) is 30.3 Å². The van der Waals surface area contributed by atoms with E-state index in [2.05, 4.69) is 17.4 Å². The average Bonchev–Trinajstić information content (AvgIpc) is 3.16. The van der Waals surface area contributed by atoms with E-state index >= 15 is 0 Å². The number of rotatable bonds is 12. The molecule has 1 heterocycles. The van der Waals surface area contributed by atoms with Crippen LogP contribution >= 0.6 is 0 Å². The SMILES string of the molecule is CN(CCCC1C(=O)N(C)CC1c1ccccc1)C(=O)C(COCc1ccccc1)NC(=O)C(C)(C)N. The van der Waals surface area contributed by atoms with Crippen molar-refractivity contribution < 1.29 is 19.1 Å². The predicted octanol–water partition coefficient (Wildman–Crippen LogP) is 2.54. The van der Waals surface area contributed by atoms with Crippen LogP contribution in [0.25, 0.3) is 0 Å². The third-order valence-corrected chi connectivity index (χ3v) is 6.85. The fourth-order valence-electron chi connectivity index (χ4n) is 4.64. The Morgan fingerprint density at radius 3 is 2.38 bits per heavy atom. The molecule has 0 radical (unpaired) electrons. The lowest BCUT2D eigenvalue weighted by Gasteiger charge is -2.28. The first kappa shape index (κ1) is 28.3. The number of benzene rings is 2. The van der Waals surface area contributed by atoms with Crippen LogP contribution in [-0.2, 0) is 25.7 Å². The minimum absolute atomic E-state index is 0.0296. The number of carbonyl (C=O) groups is 3. The standard InChI is InChI=1S/C29H40N4O4/c1-29(2,30)28(36)31-25(20-37-19-21-12-7-5-8-13-21)27(35)32(3)17-11-16-23-24(18-33(4)26(23)34)22-14-9-6-10-15-22/h5-10,12-15,23-25H,11,16-20,30H2,1-4H3,(H,31,36). The topological polar surface area (TPSA) is 105 Å². The van der Waals surface area contributed by atoms with E-state index in [0.717, 1.165) is 11.1 Å². The maximum atomic E-state index is 13.3. The Bertz CT molecular complexity index is 1040. The summed E-state index contributed by atoms with van der Waals surface area (Å²) >= 11 is 0. The smallest absolute Gasteiger partial charge is 0.247 e. The number of nitrogens with zero attached hydrogens (tertiary/aromatic N) is 2. The molecule has 1 saturated heterocycles. The average molecular weight is 509 g/mol. The number of nitrogens with one attached hydrogen (secondary N) is 1. The van der Waals surface area contributed by atoms with E-state index in [1.807, 2.05) is 55.6 Å². The Labute approximate surface area is 220 Å². The van der Waals surface area contributed by atoms with Crippen LogP contribution in [0.2, 0.25) is 0 Å². The molecule has 2 aromatic carbocycles. The largest absolute Gasteiger partial charge is 0.374 e. The molecule has 1 aliphatic heterocycles. The summed E-state index contributed by atoms with van der Waals surface area (Å²) in [6.07, 6.45) is 1.35. The molecule has 8 nitrogen and oxygen atoms in total. The third-order valence-electron chi connectivity index (χ3n) is 6.85. The Morgan fingerprint density at radius 2 is 1.76 bits per heavy atom. The Morgan fingerprint density at radius 1 is 1.14 bits per heavy atom. The van der Waals surface area contributed by atoms with Crippen LogP contribution in [0.5, 0.6) is 0 Å². The van der Waals surface area contributed by atoms with Gasteiger partial charge in [-0.3, -0.25) is 14.4 Å². The summed E-state index contributed by atoms with van der Waals surface area (Å²) in [4.78, 5) is 42.1. The number of nitrogens with two attached hydrogens (primary N) is 1. The highest BCUT2D eigenvalue weighted by atomic mass is 16.5. The number of likely N-dealkylation sites (tertiary alicyclic amines) is 1. The van der Waals surface area contributed by atoms with E-state index in [4.69, 9.17) is 10.5 Å². The molecule has 0 aromatic heterocycles. The lowest BCUT2D eigenvalue weighted by Crippen LogP contribution is -2.57. The fraction of sp³-hybridized carbons (Fsp3) is 0.483. The molecule has 0 saturated carbocycles. The van der Waals surface area contributed by atoms with E-state index in [0.29, 0.717) is 32.5 Å². The van der Waals surface area contributed by atoms with Crippen LogP contribution in [0.15, 0.2) is 60.7 Å². The summed E-state index contributed by atoms with van der Waals surface area (Å²) < 4.78 is 5.79. The molecule has 3 rings (SSSR count). The summed E-state index contributed by atoms with van der Waals surface area (Å²) in [5.74, 6) is -0.496. The molecule has 37 heavy (non-hydrogen) atoms. The molecule has 3 atom stereocenters. The molecule has 0 aliphatic carbocycles. The van der Waals surface area contributed by atoms with Crippen molar-refractivity contribution in [3.63, 3.8) is 0 Å². The van der Waals surface area contributed by atoms with Gasteiger partial charge in [-0.1, -0.05) is 60.7 Å². The highest BCUT2D eigenvalue weighted by molar-refractivity contribution is 5.91. The number of likely N-dealkylation sites (N-methyl/N-ethyl adjacent to an activating group) is 2. The minimum atomic E-state index is -1.13. The van der Waals surface area contributed by atoms with Crippen molar-refractivity contribution in [1.82, 2.24) is 15.1 Å². The van der Waals surface area contributed by atoms with E-state index in [1.54, 1.807) is 30.7 Å². The highest BCUT2D eigenvalue weighted by Gasteiger charge is 2.39. The Kier molecular flexibility index (Phi) is 9.83. The zero-order valence-electron chi connectivity index (χ0n) is 22.4. The molecule has 0 spiro atoms. The van der Waals surface area contributed by atoms with Crippen molar-refractivity contribution in [3.8, 4) is 0 Å². The summed E-state index contributed by atoms with van der Waals surface area (Å²) in [6.45, 7) is 4.71. The summed E-state index contributed by atoms with van der Waals surface area (Å²) in [5.41, 5.74) is 6.96. The van der Waals surface area contributed by atoms with E-state index in [1.165, 1.54) is 0 Å². The van der Waals surface area contributed by atoms with Crippen molar-refractivity contribution in [2.24, 2.45) is 11.7 Å². The molecule has 0 bridgehead atoms. The second-order valence-corrected chi connectivity index (χ2v) is 10.5. The van der Waals surface area contributed by atoms with Gasteiger partial charge in [-0.2, -0.15) is 0 Å². The lowest BCUT2D eigenvalue weighted by atomic mass is 9.85. The third kappa shape index (κ3) is 7.87. The molecule has 1 fully saturated rings. The van der Waals surface area contributed by atoms with Crippen LogP contribution < -0.4 is 11.1 Å². The zero-order valence-corrected chi connectivity index (χ0v) is 22.4. The van der Waals surface area contributed by atoms with Gasteiger partial charge in [-0.15, -0.1) is 0 Å². The molecule has 200 valence electrons. The number of carbonyl (C=O) groups excluding carboxylic acids is 3. The van der Waals surface area contributed by atoms with Crippen LogP contribution in [0.3, 0.4) is 0 Å². The fourth-order valence-corrected chi connectivity index (χ4v) is 4.64. The van der Waals surface area contributed by atoms with Gasteiger partial charge < -0.3 is 25.6 Å². The Hall–Kier alpha value is -3.23. The van der Waals surface area contributed by atoms with Gasteiger partial charge >= 0.3 is 0 Å². The predicted molar refractivity (Wildman–Crippen MR) is 143 cm³/mol. The van der Waals surface area contributed by atoms with Gasteiger partial charge in [0.05, 0.1) is 18.8 Å². The molecule has 3 unspecified atom stereocenters. The second-order valence-electron chi connectivity index (χ2n) is 10.5. The van der Waals surface area contributed by atoms with Crippen LogP contribution in [0.4, 0.5) is 0 Å². The summed E-state index contributed by atoms with van der Waals surface area (Å²) in [6, 6.07) is 18.9. The monoisotopic (exact) mass is 508 g/mol. The van der Waals surface area contributed by atoms with Crippen LogP contribution in [-0.4, -0.2) is 72.9 Å². The first-order valence-corrected chi connectivity index (χ1v) is 12.8. The molecule has 2 aromatic rings. The first-order chi connectivity index (χ1) is 17.6. The maximum absolute atomic E-state index is 13.3. The van der Waals surface area contributed by atoms with Crippen LogP contribution in [0, 0.1) is 5.92 Å². The van der Waals surface area contributed by atoms with Gasteiger partial charge in [0.15, 0.2) is 0 Å². The number of hydrogen-bond acceptors (Lipinski definition) is 5. The number of amides is 3. The van der Waals surface area contributed by atoms with Crippen molar-refractivity contribution in [1.29, 1.82) is 0 Å². The normalized spacial score (nSPS) is 18.5. The molecule has 8 heteroatoms. The zero-order chi connectivity index (χ0) is 27.0. The Balaban J connectivity index is 1.58. The molecular formula is C29H40N4O4. The number of ether oxygens (including phenoxy) is 1. The van der Waals surface area contributed by atoms with Crippen molar-refractivity contribution in [2.75, 3.05) is 33.8 Å². The minimum Gasteiger partial charge on any atom is -0.374 e. The summed E-state index contributed by atoms with van der Waals surface area (Å²) in [7, 11) is 3.55. The van der Waals surface area contributed by atoms with E-state index < -0.39 is 17.5 Å². The molecule has 1 aliphatic rings. The maximum Gasteiger partial charge on any atom is 0.247 e. The molecule has 3 amide bonds. The summed E-state index contributed by atoms with van der Waals surface area (Å²) in [5, 5.41) is 2.76. The van der Waals surface area contributed by atoms with Crippen molar-refractivity contribution in [3.05, 3.63) is 71.8 Å². The van der Waals surface area contributed by atoms with Gasteiger partial charge in [-0.25, -0.2) is 0 Å².